The third-order valence-corrected chi connectivity index (χ3v) is 4.97. The number of benzene rings is 1. The van der Waals surface area contributed by atoms with Gasteiger partial charge in [-0.25, -0.2) is 0 Å². The summed E-state index contributed by atoms with van der Waals surface area (Å²) in [5.74, 6) is 2.54. The van der Waals surface area contributed by atoms with Gasteiger partial charge in [0.05, 0.1) is 0 Å². The zero-order chi connectivity index (χ0) is 14.7. The number of rotatable bonds is 4. The van der Waals surface area contributed by atoms with Gasteiger partial charge in [-0.05, 0) is 55.9 Å². The van der Waals surface area contributed by atoms with Gasteiger partial charge in [0.2, 0.25) is 11.7 Å². The van der Waals surface area contributed by atoms with Crippen LogP contribution in [-0.2, 0) is 5.41 Å². The minimum Gasteiger partial charge on any atom is -0.338 e. The van der Waals surface area contributed by atoms with Crippen LogP contribution in [0.5, 0.6) is 0 Å². The van der Waals surface area contributed by atoms with Gasteiger partial charge in [0.15, 0.2) is 0 Å². The summed E-state index contributed by atoms with van der Waals surface area (Å²) in [6.07, 6.45) is 2.08. The van der Waals surface area contributed by atoms with Crippen LogP contribution in [0.1, 0.15) is 32.6 Å². The molecule has 112 valence electrons. The van der Waals surface area contributed by atoms with Crippen molar-refractivity contribution in [1.82, 2.24) is 15.5 Å². The molecule has 0 spiro atoms. The standard InChI is InChI=1S/C16H21N3OS/c1-3-21-13-6-4-12(5-7-13)14-18-15(20-19-14)16(2)8-10-17-11-9-16/h4-7,17H,3,8-11H2,1-2H3. The maximum Gasteiger partial charge on any atom is 0.232 e. The van der Waals surface area contributed by atoms with Crippen molar-refractivity contribution < 1.29 is 4.52 Å². The minimum atomic E-state index is 0.00844. The third kappa shape index (κ3) is 3.14. The van der Waals surface area contributed by atoms with Gasteiger partial charge in [0, 0.05) is 15.9 Å². The van der Waals surface area contributed by atoms with Gasteiger partial charge in [-0.15, -0.1) is 11.8 Å². The van der Waals surface area contributed by atoms with Gasteiger partial charge in [-0.3, -0.25) is 0 Å². The molecule has 0 radical (unpaired) electrons. The Balaban J connectivity index is 1.80. The molecule has 1 N–H and O–H groups in total. The van der Waals surface area contributed by atoms with E-state index in [1.54, 1.807) is 0 Å². The second-order valence-electron chi connectivity index (χ2n) is 5.69. The highest BCUT2D eigenvalue weighted by atomic mass is 32.2. The Morgan fingerprint density at radius 2 is 1.95 bits per heavy atom. The van der Waals surface area contributed by atoms with Crippen LogP contribution in [0.25, 0.3) is 11.4 Å². The lowest BCUT2D eigenvalue weighted by Gasteiger charge is -2.30. The van der Waals surface area contributed by atoms with E-state index >= 15 is 0 Å². The van der Waals surface area contributed by atoms with E-state index in [1.165, 1.54) is 4.90 Å². The summed E-state index contributed by atoms with van der Waals surface area (Å²) in [6, 6.07) is 8.37. The van der Waals surface area contributed by atoms with Gasteiger partial charge in [-0.2, -0.15) is 4.98 Å². The van der Waals surface area contributed by atoms with Crippen LogP contribution in [0.4, 0.5) is 0 Å². The summed E-state index contributed by atoms with van der Waals surface area (Å²) >= 11 is 1.84. The predicted molar refractivity (Wildman–Crippen MR) is 85.6 cm³/mol. The molecular weight excluding hydrogens is 282 g/mol. The first-order valence-corrected chi connectivity index (χ1v) is 8.48. The highest BCUT2D eigenvalue weighted by Crippen LogP contribution is 2.33. The van der Waals surface area contributed by atoms with E-state index in [9.17, 15) is 0 Å². The van der Waals surface area contributed by atoms with Crippen molar-refractivity contribution in [3.63, 3.8) is 0 Å². The average molecular weight is 303 g/mol. The van der Waals surface area contributed by atoms with Crippen LogP contribution in [-0.4, -0.2) is 29.0 Å². The molecule has 0 aliphatic carbocycles. The SMILES string of the molecule is CCSc1ccc(-c2noc(C3(C)CCNCC3)n2)cc1. The van der Waals surface area contributed by atoms with E-state index in [4.69, 9.17) is 4.52 Å². The molecule has 0 bridgehead atoms. The van der Waals surface area contributed by atoms with E-state index in [0.717, 1.165) is 43.1 Å². The quantitative estimate of drug-likeness (QED) is 0.876. The monoisotopic (exact) mass is 303 g/mol. The summed E-state index contributed by atoms with van der Waals surface area (Å²) in [5, 5.41) is 7.54. The lowest BCUT2D eigenvalue weighted by Crippen LogP contribution is -2.37. The molecule has 21 heavy (non-hydrogen) atoms. The number of aromatic nitrogens is 2. The molecule has 0 saturated carbocycles. The molecule has 1 aromatic heterocycles. The first-order chi connectivity index (χ1) is 10.2. The van der Waals surface area contributed by atoms with E-state index in [2.05, 4.69) is 53.6 Å². The van der Waals surface area contributed by atoms with Crippen molar-refractivity contribution >= 4 is 11.8 Å². The molecule has 1 fully saturated rings. The molecule has 2 heterocycles. The van der Waals surface area contributed by atoms with Crippen LogP contribution in [0, 0.1) is 0 Å². The van der Waals surface area contributed by atoms with E-state index in [-0.39, 0.29) is 5.41 Å². The van der Waals surface area contributed by atoms with Crippen molar-refractivity contribution in [2.75, 3.05) is 18.8 Å². The summed E-state index contributed by atoms with van der Waals surface area (Å²) in [4.78, 5) is 5.91. The van der Waals surface area contributed by atoms with Gasteiger partial charge >= 0.3 is 0 Å². The van der Waals surface area contributed by atoms with Crippen LogP contribution in [0.2, 0.25) is 0 Å². The van der Waals surface area contributed by atoms with Crippen LogP contribution in [0.15, 0.2) is 33.7 Å². The summed E-state index contributed by atoms with van der Waals surface area (Å²) in [6.45, 7) is 6.39. The molecule has 1 aliphatic rings. The summed E-state index contributed by atoms with van der Waals surface area (Å²) in [7, 11) is 0. The van der Waals surface area contributed by atoms with Crippen molar-refractivity contribution in [2.24, 2.45) is 0 Å². The van der Waals surface area contributed by atoms with Crippen LogP contribution >= 0.6 is 11.8 Å². The fraction of sp³-hybridized carbons (Fsp3) is 0.500. The maximum absolute atomic E-state index is 5.55. The number of nitrogens with one attached hydrogen (secondary N) is 1. The minimum absolute atomic E-state index is 0.00844. The molecule has 4 nitrogen and oxygen atoms in total. The Morgan fingerprint density at radius 1 is 1.24 bits per heavy atom. The molecule has 1 aromatic carbocycles. The molecule has 2 aromatic rings. The lowest BCUT2D eigenvalue weighted by molar-refractivity contribution is 0.241. The number of piperidine rings is 1. The topological polar surface area (TPSA) is 51.0 Å². The van der Waals surface area contributed by atoms with E-state index in [0.29, 0.717) is 5.82 Å². The Labute approximate surface area is 129 Å². The number of thioether (sulfide) groups is 1. The largest absolute Gasteiger partial charge is 0.338 e. The average Bonchev–Trinajstić information content (AvgIpc) is 3.00. The zero-order valence-electron chi connectivity index (χ0n) is 12.6. The first-order valence-electron chi connectivity index (χ1n) is 7.49. The second kappa shape index (κ2) is 6.20. The maximum atomic E-state index is 5.55. The molecule has 1 aliphatic heterocycles. The number of hydrogen-bond donors (Lipinski definition) is 1. The molecule has 0 amide bonds. The van der Waals surface area contributed by atoms with Crippen molar-refractivity contribution in [3.8, 4) is 11.4 Å². The molecule has 5 heteroatoms. The fourth-order valence-corrected chi connectivity index (χ4v) is 3.31. The molecule has 0 atom stereocenters. The van der Waals surface area contributed by atoms with E-state index < -0.39 is 0 Å². The van der Waals surface area contributed by atoms with Crippen LogP contribution < -0.4 is 5.32 Å². The van der Waals surface area contributed by atoms with E-state index in [1.807, 2.05) is 11.8 Å². The Kier molecular flexibility index (Phi) is 4.31. The Morgan fingerprint density at radius 3 is 2.62 bits per heavy atom. The van der Waals surface area contributed by atoms with Gasteiger partial charge in [0.25, 0.3) is 0 Å². The van der Waals surface area contributed by atoms with Gasteiger partial charge < -0.3 is 9.84 Å². The Bertz CT molecular complexity index is 588. The zero-order valence-corrected chi connectivity index (χ0v) is 13.4. The summed E-state index contributed by atoms with van der Waals surface area (Å²) < 4.78 is 5.55. The van der Waals surface area contributed by atoms with Gasteiger partial charge in [0.1, 0.15) is 0 Å². The van der Waals surface area contributed by atoms with Crippen molar-refractivity contribution in [3.05, 3.63) is 30.2 Å². The molecule has 0 unspecified atom stereocenters. The normalized spacial score (nSPS) is 17.8. The van der Waals surface area contributed by atoms with Crippen LogP contribution in [0.3, 0.4) is 0 Å². The molecule has 1 saturated heterocycles. The molecular formula is C16H21N3OS. The van der Waals surface area contributed by atoms with Gasteiger partial charge in [-0.1, -0.05) is 19.0 Å². The lowest BCUT2D eigenvalue weighted by atomic mass is 9.81. The fourth-order valence-electron chi connectivity index (χ4n) is 2.65. The number of nitrogens with zero attached hydrogens (tertiary/aromatic N) is 2. The number of hydrogen-bond acceptors (Lipinski definition) is 5. The molecule has 3 rings (SSSR count). The predicted octanol–water partition coefficient (Wildman–Crippen LogP) is 3.49. The third-order valence-electron chi connectivity index (χ3n) is 4.07. The Hall–Kier alpha value is -1.33. The highest BCUT2D eigenvalue weighted by molar-refractivity contribution is 7.99. The first kappa shape index (κ1) is 14.6. The van der Waals surface area contributed by atoms with Crippen molar-refractivity contribution in [2.45, 2.75) is 37.0 Å². The van der Waals surface area contributed by atoms with Crippen molar-refractivity contribution in [1.29, 1.82) is 0 Å². The smallest absolute Gasteiger partial charge is 0.232 e. The highest BCUT2D eigenvalue weighted by Gasteiger charge is 2.34. The summed E-state index contributed by atoms with van der Waals surface area (Å²) in [5.41, 5.74) is 1.03. The second-order valence-corrected chi connectivity index (χ2v) is 7.03.